The van der Waals surface area contributed by atoms with Crippen molar-refractivity contribution in [2.24, 2.45) is 7.05 Å². The lowest BCUT2D eigenvalue weighted by Crippen LogP contribution is -2.30. The first kappa shape index (κ1) is 18.4. The monoisotopic (exact) mass is 395 g/mol. The highest BCUT2D eigenvalue weighted by Crippen LogP contribution is 2.32. The summed E-state index contributed by atoms with van der Waals surface area (Å²) in [6, 6.07) is 7.59. The van der Waals surface area contributed by atoms with Gasteiger partial charge in [-0.25, -0.2) is 4.98 Å². The zero-order chi connectivity index (χ0) is 19.8. The number of hydrogen-bond acceptors (Lipinski definition) is 7. The highest BCUT2D eigenvalue weighted by molar-refractivity contribution is 5.77. The molecule has 0 saturated carbocycles. The van der Waals surface area contributed by atoms with Crippen molar-refractivity contribution in [2.75, 3.05) is 19.8 Å². The lowest BCUT2D eigenvalue weighted by molar-refractivity contribution is 0.0787. The molecule has 0 bridgehead atoms. The Hall–Kier alpha value is -2.58. The van der Waals surface area contributed by atoms with Crippen LogP contribution < -0.4 is 5.56 Å². The molecule has 4 heterocycles. The van der Waals surface area contributed by atoms with E-state index in [-0.39, 0.29) is 11.6 Å². The van der Waals surface area contributed by atoms with Crippen molar-refractivity contribution >= 4 is 10.9 Å². The molecule has 5 rings (SSSR count). The first-order valence-electron chi connectivity index (χ1n) is 10.3. The molecule has 2 saturated heterocycles. The second-order valence-corrected chi connectivity index (χ2v) is 7.90. The maximum absolute atomic E-state index is 12.8. The number of ether oxygens (including phenoxy) is 1. The Morgan fingerprint density at radius 1 is 1.14 bits per heavy atom. The van der Waals surface area contributed by atoms with Crippen molar-refractivity contribution in [2.45, 2.75) is 44.2 Å². The SMILES string of the molecule is Cn1c(C2CCCN2Cc2nnc(C3CCOCC3)o2)nc2ccccc2c1=O. The van der Waals surface area contributed by atoms with E-state index in [1.165, 1.54) is 0 Å². The van der Waals surface area contributed by atoms with E-state index in [1.807, 2.05) is 31.3 Å². The van der Waals surface area contributed by atoms with Crippen LogP contribution in [0.3, 0.4) is 0 Å². The maximum Gasteiger partial charge on any atom is 0.261 e. The molecule has 2 aliphatic rings. The van der Waals surface area contributed by atoms with Crippen molar-refractivity contribution in [1.82, 2.24) is 24.6 Å². The van der Waals surface area contributed by atoms with Gasteiger partial charge in [0.05, 0.1) is 23.5 Å². The molecule has 0 amide bonds. The summed E-state index contributed by atoms with van der Waals surface area (Å²) in [5.41, 5.74) is 0.745. The highest BCUT2D eigenvalue weighted by atomic mass is 16.5. The molecule has 0 aliphatic carbocycles. The van der Waals surface area contributed by atoms with Crippen LogP contribution in [0.4, 0.5) is 0 Å². The summed E-state index contributed by atoms with van der Waals surface area (Å²) in [6.45, 7) is 2.99. The van der Waals surface area contributed by atoms with Gasteiger partial charge in [-0.05, 0) is 44.4 Å². The molecule has 29 heavy (non-hydrogen) atoms. The van der Waals surface area contributed by atoms with Crippen LogP contribution in [0.5, 0.6) is 0 Å². The molecule has 0 spiro atoms. The second kappa shape index (κ2) is 7.68. The molecular formula is C21H25N5O3. The fourth-order valence-corrected chi connectivity index (χ4v) is 4.45. The number of benzene rings is 1. The molecule has 1 aromatic carbocycles. The van der Waals surface area contributed by atoms with E-state index in [1.54, 1.807) is 4.57 Å². The Balaban J connectivity index is 1.40. The van der Waals surface area contributed by atoms with Crippen LogP contribution in [-0.4, -0.2) is 44.4 Å². The topological polar surface area (TPSA) is 86.3 Å². The van der Waals surface area contributed by atoms with Crippen LogP contribution in [0.15, 0.2) is 33.5 Å². The van der Waals surface area contributed by atoms with Gasteiger partial charge < -0.3 is 9.15 Å². The van der Waals surface area contributed by atoms with Crippen LogP contribution in [0.25, 0.3) is 10.9 Å². The molecule has 8 nitrogen and oxygen atoms in total. The number of aromatic nitrogens is 4. The third-order valence-corrected chi connectivity index (χ3v) is 6.07. The first-order valence-corrected chi connectivity index (χ1v) is 10.3. The van der Waals surface area contributed by atoms with Gasteiger partial charge in [0.1, 0.15) is 5.82 Å². The summed E-state index contributed by atoms with van der Waals surface area (Å²) in [5, 5.41) is 9.22. The standard InChI is InChI=1S/C21H25N5O3/c1-25-19(22-16-6-3-2-5-15(16)21(25)27)17-7-4-10-26(17)13-18-23-24-20(29-18)14-8-11-28-12-9-14/h2-3,5-6,14,17H,4,7-13H2,1H3. The zero-order valence-corrected chi connectivity index (χ0v) is 16.6. The van der Waals surface area contributed by atoms with Crippen molar-refractivity contribution in [3.8, 4) is 0 Å². The number of para-hydroxylation sites is 1. The minimum atomic E-state index is -0.00274. The number of fused-ring (bicyclic) bond motifs is 1. The maximum atomic E-state index is 12.8. The van der Waals surface area contributed by atoms with Crippen LogP contribution in [0.2, 0.25) is 0 Å². The molecule has 2 aromatic heterocycles. The van der Waals surface area contributed by atoms with Crippen molar-refractivity contribution in [1.29, 1.82) is 0 Å². The van der Waals surface area contributed by atoms with E-state index in [9.17, 15) is 4.79 Å². The molecular weight excluding hydrogens is 370 g/mol. The quantitative estimate of drug-likeness (QED) is 0.671. The fourth-order valence-electron chi connectivity index (χ4n) is 4.45. The lowest BCUT2D eigenvalue weighted by atomic mass is 10.0. The molecule has 152 valence electrons. The average molecular weight is 395 g/mol. The van der Waals surface area contributed by atoms with Gasteiger partial charge in [0.2, 0.25) is 11.8 Å². The Morgan fingerprint density at radius 3 is 2.83 bits per heavy atom. The zero-order valence-electron chi connectivity index (χ0n) is 16.6. The number of nitrogens with zero attached hydrogens (tertiary/aromatic N) is 5. The fraction of sp³-hybridized carbons (Fsp3) is 0.524. The minimum Gasteiger partial charge on any atom is -0.424 e. The smallest absolute Gasteiger partial charge is 0.261 e. The van der Waals surface area contributed by atoms with Gasteiger partial charge in [-0.1, -0.05) is 12.1 Å². The summed E-state index contributed by atoms with van der Waals surface area (Å²) in [4.78, 5) is 19.9. The molecule has 2 aliphatic heterocycles. The van der Waals surface area contributed by atoms with Crippen molar-refractivity contribution < 1.29 is 9.15 Å². The van der Waals surface area contributed by atoms with E-state index in [2.05, 4.69) is 15.1 Å². The number of rotatable bonds is 4. The van der Waals surface area contributed by atoms with Gasteiger partial charge in [0.15, 0.2) is 0 Å². The van der Waals surface area contributed by atoms with Crippen LogP contribution in [0, 0.1) is 0 Å². The molecule has 0 N–H and O–H groups in total. The predicted molar refractivity (Wildman–Crippen MR) is 106 cm³/mol. The van der Waals surface area contributed by atoms with Crippen LogP contribution >= 0.6 is 0 Å². The second-order valence-electron chi connectivity index (χ2n) is 7.90. The van der Waals surface area contributed by atoms with E-state index in [4.69, 9.17) is 14.1 Å². The lowest BCUT2D eigenvalue weighted by Gasteiger charge is -2.24. The summed E-state index contributed by atoms with van der Waals surface area (Å²) in [5.74, 6) is 2.44. The Morgan fingerprint density at radius 2 is 1.97 bits per heavy atom. The predicted octanol–water partition coefficient (Wildman–Crippen LogP) is 2.55. The largest absolute Gasteiger partial charge is 0.424 e. The van der Waals surface area contributed by atoms with Crippen LogP contribution in [0.1, 0.15) is 55.2 Å². The van der Waals surface area contributed by atoms with Crippen molar-refractivity contribution in [3.63, 3.8) is 0 Å². The third-order valence-electron chi connectivity index (χ3n) is 6.07. The average Bonchev–Trinajstić information content (AvgIpc) is 3.41. The van der Waals surface area contributed by atoms with Gasteiger partial charge in [0, 0.05) is 26.2 Å². The molecule has 1 unspecified atom stereocenters. The summed E-state index contributed by atoms with van der Waals surface area (Å²) < 4.78 is 13.1. The van der Waals surface area contributed by atoms with E-state index < -0.39 is 0 Å². The normalized spacial score (nSPS) is 21.2. The number of hydrogen-bond donors (Lipinski definition) is 0. The molecule has 1 atom stereocenters. The Bertz CT molecular complexity index is 1070. The van der Waals surface area contributed by atoms with Gasteiger partial charge in [-0.3, -0.25) is 14.3 Å². The Labute approximate surface area is 168 Å². The van der Waals surface area contributed by atoms with Gasteiger partial charge >= 0.3 is 0 Å². The van der Waals surface area contributed by atoms with Gasteiger partial charge in [0.25, 0.3) is 5.56 Å². The van der Waals surface area contributed by atoms with Gasteiger partial charge in [-0.15, -0.1) is 10.2 Å². The molecule has 8 heteroatoms. The number of likely N-dealkylation sites (tertiary alicyclic amines) is 1. The molecule has 3 aromatic rings. The summed E-state index contributed by atoms with van der Waals surface area (Å²) in [6.07, 6.45) is 3.86. The van der Waals surface area contributed by atoms with E-state index in [0.29, 0.717) is 23.7 Å². The highest BCUT2D eigenvalue weighted by Gasteiger charge is 2.31. The van der Waals surface area contributed by atoms with Gasteiger partial charge in [-0.2, -0.15) is 0 Å². The summed E-state index contributed by atoms with van der Waals surface area (Å²) in [7, 11) is 1.81. The molecule has 2 fully saturated rings. The Kier molecular flexibility index (Phi) is 4.89. The third kappa shape index (κ3) is 3.47. The van der Waals surface area contributed by atoms with E-state index in [0.717, 1.165) is 62.7 Å². The first-order chi connectivity index (χ1) is 14.2. The minimum absolute atomic E-state index is 0.00274. The summed E-state index contributed by atoms with van der Waals surface area (Å²) >= 11 is 0. The van der Waals surface area contributed by atoms with Crippen LogP contribution in [-0.2, 0) is 18.3 Å². The van der Waals surface area contributed by atoms with Crippen molar-refractivity contribution in [3.05, 3.63) is 52.2 Å². The van der Waals surface area contributed by atoms with E-state index >= 15 is 0 Å². The molecule has 0 radical (unpaired) electrons.